The van der Waals surface area contributed by atoms with Crippen LogP contribution in [0.2, 0.25) is 0 Å². The number of carbonyl (C=O) groups excluding carboxylic acids is 1. The van der Waals surface area contributed by atoms with Gasteiger partial charge in [-0.25, -0.2) is 0 Å². The van der Waals surface area contributed by atoms with Crippen LogP contribution in [0.25, 0.3) is 0 Å². The molecule has 0 aromatic heterocycles. The number of rotatable bonds is 9. The summed E-state index contributed by atoms with van der Waals surface area (Å²) >= 11 is 0. The highest BCUT2D eigenvalue weighted by Crippen LogP contribution is 2.30. The molecular weight excluding hydrogens is 320 g/mol. The lowest BCUT2D eigenvalue weighted by atomic mass is 9.83. The number of esters is 1. The van der Waals surface area contributed by atoms with E-state index in [0.29, 0.717) is 18.1 Å². The molecule has 1 fully saturated rings. The normalized spacial score (nSPS) is 17.5. The van der Waals surface area contributed by atoms with E-state index < -0.39 is 24.0 Å². The van der Waals surface area contributed by atoms with Crippen molar-refractivity contribution in [3.63, 3.8) is 0 Å². The van der Waals surface area contributed by atoms with Gasteiger partial charge in [0.05, 0.1) is 5.92 Å². The van der Waals surface area contributed by atoms with Crippen LogP contribution in [0.3, 0.4) is 0 Å². The molecule has 1 aromatic rings. The lowest BCUT2D eigenvalue weighted by molar-refractivity contribution is -0.159. The van der Waals surface area contributed by atoms with E-state index >= 15 is 0 Å². The lowest BCUT2D eigenvalue weighted by Gasteiger charge is -2.27. The predicted molar refractivity (Wildman–Crippen MR) is 94.4 cm³/mol. The summed E-state index contributed by atoms with van der Waals surface area (Å²) < 4.78 is 10.9. The molecule has 2 atom stereocenters. The first-order valence-electron chi connectivity index (χ1n) is 9.14. The Kier molecular flexibility index (Phi) is 7.76. The molecule has 1 aliphatic rings. The third-order valence-corrected chi connectivity index (χ3v) is 4.85. The van der Waals surface area contributed by atoms with Crippen LogP contribution >= 0.6 is 0 Å². The van der Waals surface area contributed by atoms with Crippen molar-refractivity contribution in [3.05, 3.63) is 30.3 Å². The highest BCUT2D eigenvalue weighted by atomic mass is 16.6. The summed E-state index contributed by atoms with van der Waals surface area (Å²) in [5.74, 6) is -0.932. The number of benzene rings is 1. The Hall–Kier alpha value is -2.04. The third kappa shape index (κ3) is 6.77. The third-order valence-electron chi connectivity index (χ3n) is 4.85. The fraction of sp³-hybridized carbons (Fsp3) is 0.600. The lowest BCUT2D eigenvalue weighted by Crippen LogP contribution is -2.37. The molecule has 0 heterocycles. The second-order valence-corrected chi connectivity index (χ2v) is 6.80. The number of aliphatic carboxylic acids is 1. The first-order chi connectivity index (χ1) is 12.1. The zero-order chi connectivity index (χ0) is 18.1. The van der Waals surface area contributed by atoms with Crippen molar-refractivity contribution in [1.82, 2.24) is 0 Å². The number of para-hydroxylation sites is 1. The summed E-state index contributed by atoms with van der Waals surface area (Å²) in [6, 6.07) is 9.15. The van der Waals surface area contributed by atoms with Gasteiger partial charge in [-0.05, 0) is 30.9 Å². The average molecular weight is 348 g/mol. The monoisotopic (exact) mass is 348 g/mol. The van der Waals surface area contributed by atoms with Crippen molar-refractivity contribution in [2.45, 2.75) is 58.0 Å². The molecule has 1 aromatic carbocycles. The summed E-state index contributed by atoms with van der Waals surface area (Å²) in [5.41, 5.74) is 0. The Bertz CT molecular complexity index is 536. The highest BCUT2D eigenvalue weighted by molar-refractivity contribution is 5.72. The van der Waals surface area contributed by atoms with Gasteiger partial charge in [0.2, 0.25) is 0 Å². The summed E-state index contributed by atoms with van der Waals surface area (Å²) in [4.78, 5) is 23.2. The van der Waals surface area contributed by atoms with Crippen molar-refractivity contribution in [2.75, 3.05) is 6.61 Å². The Balaban J connectivity index is 1.96. The number of carboxylic acid groups (broad SMARTS) is 1. The first kappa shape index (κ1) is 19.3. The standard InChI is InChI=1S/C20H28O5/c1-15(21)25-19(14-24-17-10-6-3-7-11-17)18(20(22)23)13-12-16-8-4-2-5-9-16/h3,6-7,10-11,16,18-19H,2,4-5,8-9,12-14H2,1H3,(H,22,23)/t18-,19-/m0/s1. The molecule has 0 aliphatic heterocycles. The molecule has 1 aliphatic carbocycles. The number of hydrogen-bond donors (Lipinski definition) is 1. The molecule has 0 amide bonds. The SMILES string of the molecule is CC(=O)O[C@@H](COc1ccccc1)[C@H](CCC1CCCCC1)C(=O)O. The van der Waals surface area contributed by atoms with E-state index in [1.54, 1.807) is 12.1 Å². The second kappa shape index (κ2) is 10.1. The minimum Gasteiger partial charge on any atom is -0.490 e. The van der Waals surface area contributed by atoms with Crippen molar-refractivity contribution >= 4 is 11.9 Å². The Morgan fingerprint density at radius 3 is 2.44 bits per heavy atom. The summed E-state index contributed by atoms with van der Waals surface area (Å²) in [5, 5.41) is 9.64. The van der Waals surface area contributed by atoms with Gasteiger partial charge in [0, 0.05) is 6.92 Å². The van der Waals surface area contributed by atoms with Gasteiger partial charge >= 0.3 is 11.9 Å². The van der Waals surface area contributed by atoms with Gasteiger partial charge in [0.1, 0.15) is 18.5 Å². The van der Waals surface area contributed by atoms with E-state index in [1.165, 1.54) is 39.0 Å². The fourth-order valence-corrected chi connectivity index (χ4v) is 3.50. The van der Waals surface area contributed by atoms with E-state index in [2.05, 4.69) is 0 Å². The minimum atomic E-state index is -0.932. The van der Waals surface area contributed by atoms with E-state index in [-0.39, 0.29) is 6.61 Å². The highest BCUT2D eigenvalue weighted by Gasteiger charge is 2.32. The van der Waals surface area contributed by atoms with Crippen LogP contribution < -0.4 is 4.74 Å². The van der Waals surface area contributed by atoms with Crippen molar-refractivity contribution < 1.29 is 24.2 Å². The Labute approximate surface area is 149 Å². The van der Waals surface area contributed by atoms with Gasteiger partial charge in [-0.3, -0.25) is 9.59 Å². The van der Waals surface area contributed by atoms with E-state index in [9.17, 15) is 14.7 Å². The van der Waals surface area contributed by atoms with Crippen LogP contribution in [-0.4, -0.2) is 29.8 Å². The van der Waals surface area contributed by atoms with Gasteiger partial charge in [0.25, 0.3) is 0 Å². The summed E-state index contributed by atoms with van der Waals surface area (Å²) in [6.45, 7) is 1.35. The van der Waals surface area contributed by atoms with Crippen molar-refractivity contribution in [3.8, 4) is 5.75 Å². The number of ether oxygens (including phenoxy) is 2. The molecular formula is C20H28O5. The second-order valence-electron chi connectivity index (χ2n) is 6.80. The average Bonchev–Trinajstić information content (AvgIpc) is 2.60. The summed E-state index contributed by atoms with van der Waals surface area (Å²) in [7, 11) is 0. The van der Waals surface area contributed by atoms with E-state index in [0.717, 1.165) is 6.42 Å². The fourth-order valence-electron chi connectivity index (χ4n) is 3.50. The minimum absolute atomic E-state index is 0.0469. The molecule has 138 valence electrons. The molecule has 0 bridgehead atoms. The van der Waals surface area contributed by atoms with Crippen LogP contribution in [0.5, 0.6) is 5.75 Å². The number of carboxylic acids is 1. The Morgan fingerprint density at radius 2 is 1.84 bits per heavy atom. The van der Waals surface area contributed by atoms with Gasteiger partial charge in [-0.15, -0.1) is 0 Å². The maximum Gasteiger partial charge on any atom is 0.310 e. The molecule has 2 rings (SSSR count). The summed E-state index contributed by atoms with van der Waals surface area (Å²) in [6.07, 6.45) is 6.67. The maximum atomic E-state index is 11.8. The molecule has 5 heteroatoms. The van der Waals surface area contributed by atoms with Gasteiger partial charge < -0.3 is 14.6 Å². The Morgan fingerprint density at radius 1 is 1.16 bits per heavy atom. The van der Waals surface area contributed by atoms with Crippen molar-refractivity contribution in [1.29, 1.82) is 0 Å². The predicted octanol–water partition coefficient (Wildman–Crippen LogP) is 4.06. The topological polar surface area (TPSA) is 72.8 Å². The van der Waals surface area contributed by atoms with Crippen LogP contribution in [0, 0.1) is 11.8 Å². The van der Waals surface area contributed by atoms with E-state index in [4.69, 9.17) is 9.47 Å². The molecule has 1 saturated carbocycles. The number of carbonyl (C=O) groups is 2. The first-order valence-corrected chi connectivity index (χ1v) is 9.14. The zero-order valence-electron chi connectivity index (χ0n) is 14.9. The molecule has 1 N–H and O–H groups in total. The zero-order valence-corrected chi connectivity index (χ0v) is 14.9. The molecule has 0 saturated heterocycles. The van der Waals surface area contributed by atoms with Gasteiger partial charge in [-0.2, -0.15) is 0 Å². The van der Waals surface area contributed by atoms with Crippen LogP contribution in [-0.2, 0) is 14.3 Å². The molecule has 0 spiro atoms. The molecule has 0 unspecified atom stereocenters. The van der Waals surface area contributed by atoms with Crippen LogP contribution in [0.1, 0.15) is 51.9 Å². The molecule has 25 heavy (non-hydrogen) atoms. The molecule has 0 radical (unpaired) electrons. The van der Waals surface area contributed by atoms with Crippen LogP contribution in [0.15, 0.2) is 30.3 Å². The number of hydrogen-bond acceptors (Lipinski definition) is 4. The largest absolute Gasteiger partial charge is 0.490 e. The maximum absolute atomic E-state index is 11.8. The van der Waals surface area contributed by atoms with Crippen LogP contribution in [0.4, 0.5) is 0 Å². The molecule has 5 nitrogen and oxygen atoms in total. The quantitative estimate of drug-likeness (QED) is 0.681. The van der Waals surface area contributed by atoms with Gasteiger partial charge in [0.15, 0.2) is 0 Å². The van der Waals surface area contributed by atoms with Crippen molar-refractivity contribution in [2.24, 2.45) is 11.8 Å². The van der Waals surface area contributed by atoms with E-state index in [1.807, 2.05) is 18.2 Å². The smallest absolute Gasteiger partial charge is 0.310 e. The van der Waals surface area contributed by atoms with Gasteiger partial charge in [-0.1, -0.05) is 50.3 Å².